The molecule has 3 atom stereocenters. The van der Waals surface area contributed by atoms with Crippen molar-refractivity contribution in [2.45, 2.75) is 46.1 Å². The molecule has 2 fully saturated rings. The number of amides is 1. The average molecular weight is 354 g/mol. The predicted molar refractivity (Wildman–Crippen MR) is 84.6 cm³/mol. The van der Waals surface area contributed by atoms with Gasteiger partial charge in [-0.15, -0.1) is 0 Å². The lowest BCUT2D eigenvalue weighted by atomic mass is 9.68. The van der Waals surface area contributed by atoms with Crippen molar-refractivity contribution in [3.63, 3.8) is 0 Å². The molecule has 0 aromatic heterocycles. The summed E-state index contributed by atoms with van der Waals surface area (Å²) in [6.07, 6.45) is 3.60. The molecule has 21 heavy (non-hydrogen) atoms. The van der Waals surface area contributed by atoms with Crippen molar-refractivity contribution in [3.05, 3.63) is 34.1 Å². The average Bonchev–Trinajstić information content (AvgIpc) is 2.89. The van der Waals surface area contributed by atoms with Crippen LogP contribution in [0.15, 0.2) is 22.7 Å². The smallest absolute Gasteiger partial charge is 0.251 e. The molecule has 1 N–H and O–H groups in total. The monoisotopic (exact) mass is 353 g/mol. The molecule has 3 rings (SSSR count). The molecule has 1 aromatic rings. The third-order valence-corrected chi connectivity index (χ3v) is 6.37. The Hall–Kier alpha value is -0.900. The van der Waals surface area contributed by atoms with Gasteiger partial charge in [0.1, 0.15) is 5.82 Å². The number of rotatable bonds is 2. The molecular weight excluding hydrogens is 333 g/mol. The van der Waals surface area contributed by atoms with Crippen LogP contribution in [0.5, 0.6) is 0 Å². The summed E-state index contributed by atoms with van der Waals surface area (Å²) in [6.45, 7) is 6.76. The van der Waals surface area contributed by atoms with Crippen LogP contribution >= 0.6 is 15.9 Å². The van der Waals surface area contributed by atoms with E-state index in [4.69, 9.17) is 0 Å². The third-order valence-electron chi connectivity index (χ3n) is 5.73. The van der Waals surface area contributed by atoms with E-state index in [2.05, 4.69) is 42.0 Å². The summed E-state index contributed by atoms with van der Waals surface area (Å²) >= 11 is 3.11. The summed E-state index contributed by atoms with van der Waals surface area (Å²) in [5.74, 6) is 0.101. The summed E-state index contributed by atoms with van der Waals surface area (Å²) in [7, 11) is 0. The topological polar surface area (TPSA) is 29.1 Å². The maximum Gasteiger partial charge on any atom is 0.251 e. The van der Waals surface area contributed by atoms with Crippen molar-refractivity contribution in [1.29, 1.82) is 0 Å². The lowest BCUT2D eigenvalue weighted by molar-refractivity contribution is 0.0737. The first-order chi connectivity index (χ1) is 9.74. The van der Waals surface area contributed by atoms with E-state index in [-0.39, 0.29) is 22.8 Å². The molecule has 2 aliphatic rings. The normalized spacial score (nSPS) is 33.2. The van der Waals surface area contributed by atoms with Crippen LogP contribution in [0.4, 0.5) is 4.39 Å². The van der Waals surface area contributed by atoms with Gasteiger partial charge in [0, 0.05) is 11.6 Å². The Morgan fingerprint density at radius 2 is 2.10 bits per heavy atom. The molecule has 2 aliphatic carbocycles. The number of benzene rings is 1. The van der Waals surface area contributed by atoms with E-state index in [0.29, 0.717) is 16.0 Å². The second kappa shape index (κ2) is 4.80. The number of halogens is 2. The number of hydrogen-bond donors (Lipinski definition) is 1. The third kappa shape index (κ3) is 2.32. The minimum atomic E-state index is -0.402. The largest absolute Gasteiger partial charge is 0.348 e. The maximum absolute atomic E-state index is 13.6. The van der Waals surface area contributed by atoms with E-state index < -0.39 is 5.82 Å². The van der Waals surface area contributed by atoms with Crippen LogP contribution in [-0.4, -0.2) is 11.9 Å². The van der Waals surface area contributed by atoms with Gasteiger partial charge >= 0.3 is 0 Å². The van der Waals surface area contributed by atoms with Gasteiger partial charge in [-0.2, -0.15) is 0 Å². The summed E-state index contributed by atoms with van der Waals surface area (Å²) in [5.41, 5.74) is 0.673. The molecule has 0 spiro atoms. The highest BCUT2D eigenvalue weighted by Crippen LogP contribution is 2.62. The Kier molecular flexibility index (Phi) is 3.43. The second-order valence-electron chi connectivity index (χ2n) is 7.45. The fraction of sp³-hybridized carbons (Fsp3) is 0.588. The zero-order valence-electron chi connectivity index (χ0n) is 12.7. The van der Waals surface area contributed by atoms with Gasteiger partial charge in [-0.05, 0) is 70.1 Å². The van der Waals surface area contributed by atoms with Gasteiger partial charge in [-0.25, -0.2) is 4.39 Å². The molecule has 3 unspecified atom stereocenters. The van der Waals surface area contributed by atoms with Crippen LogP contribution in [0, 0.1) is 22.6 Å². The Balaban J connectivity index is 1.83. The van der Waals surface area contributed by atoms with Crippen LogP contribution in [0.25, 0.3) is 0 Å². The highest BCUT2D eigenvalue weighted by Gasteiger charge is 2.59. The molecule has 2 bridgehead atoms. The predicted octanol–water partition coefficient (Wildman–Crippen LogP) is 4.53. The van der Waals surface area contributed by atoms with E-state index in [1.165, 1.54) is 25.3 Å². The second-order valence-corrected chi connectivity index (χ2v) is 8.30. The molecule has 2 saturated carbocycles. The van der Waals surface area contributed by atoms with Crippen molar-refractivity contribution < 1.29 is 9.18 Å². The number of carbonyl (C=O) groups is 1. The highest BCUT2D eigenvalue weighted by atomic mass is 79.9. The van der Waals surface area contributed by atoms with Gasteiger partial charge < -0.3 is 5.32 Å². The van der Waals surface area contributed by atoms with E-state index in [9.17, 15) is 9.18 Å². The van der Waals surface area contributed by atoms with Gasteiger partial charge in [0.2, 0.25) is 0 Å². The first-order valence-corrected chi connectivity index (χ1v) is 8.29. The highest BCUT2D eigenvalue weighted by molar-refractivity contribution is 9.10. The molecule has 0 aliphatic heterocycles. The molecule has 0 heterocycles. The van der Waals surface area contributed by atoms with E-state index in [1.54, 1.807) is 12.1 Å². The minimum absolute atomic E-state index is 0.108. The Labute approximate surface area is 133 Å². The molecular formula is C17H21BrFNO. The van der Waals surface area contributed by atoms with E-state index >= 15 is 0 Å². The number of nitrogens with one attached hydrogen (secondary N) is 1. The molecule has 0 saturated heterocycles. The van der Waals surface area contributed by atoms with Crippen LogP contribution in [0.3, 0.4) is 0 Å². The molecule has 1 amide bonds. The first kappa shape index (κ1) is 15.0. The Morgan fingerprint density at radius 3 is 2.67 bits per heavy atom. The van der Waals surface area contributed by atoms with Crippen molar-refractivity contribution in [1.82, 2.24) is 5.32 Å². The molecule has 114 valence electrons. The van der Waals surface area contributed by atoms with Gasteiger partial charge in [0.25, 0.3) is 5.91 Å². The summed E-state index contributed by atoms with van der Waals surface area (Å²) in [4.78, 5) is 12.5. The quantitative estimate of drug-likeness (QED) is 0.831. The fourth-order valence-electron chi connectivity index (χ4n) is 4.51. The number of hydrogen-bond acceptors (Lipinski definition) is 1. The van der Waals surface area contributed by atoms with Crippen LogP contribution in [0.2, 0.25) is 0 Å². The molecule has 1 aromatic carbocycles. The Morgan fingerprint density at radius 1 is 1.38 bits per heavy atom. The summed E-state index contributed by atoms with van der Waals surface area (Å²) in [5, 5.41) is 3.18. The van der Waals surface area contributed by atoms with Gasteiger partial charge in [0.05, 0.1) is 4.47 Å². The van der Waals surface area contributed by atoms with Gasteiger partial charge in [-0.3, -0.25) is 4.79 Å². The molecule has 4 heteroatoms. The van der Waals surface area contributed by atoms with Crippen LogP contribution < -0.4 is 5.32 Å². The van der Waals surface area contributed by atoms with Crippen molar-refractivity contribution in [2.75, 3.05) is 0 Å². The zero-order chi connectivity index (χ0) is 15.4. The van der Waals surface area contributed by atoms with E-state index in [0.717, 1.165) is 0 Å². The number of fused-ring (bicyclic) bond motifs is 2. The SMILES string of the molecule is CC12CCC(C1)C(C)(C)C2NC(=O)c1ccc(Br)c(F)c1. The van der Waals surface area contributed by atoms with Crippen molar-refractivity contribution in [2.24, 2.45) is 16.7 Å². The van der Waals surface area contributed by atoms with Crippen LogP contribution in [0.1, 0.15) is 50.4 Å². The maximum atomic E-state index is 13.6. The lowest BCUT2D eigenvalue weighted by Crippen LogP contribution is -2.52. The molecule has 0 radical (unpaired) electrons. The fourth-order valence-corrected chi connectivity index (χ4v) is 4.76. The van der Waals surface area contributed by atoms with Gasteiger partial charge in [0.15, 0.2) is 0 Å². The van der Waals surface area contributed by atoms with Crippen molar-refractivity contribution in [3.8, 4) is 0 Å². The lowest BCUT2D eigenvalue weighted by Gasteiger charge is -2.43. The Bertz CT molecular complexity index is 596. The minimum Gasteiger partial charge on any atom is -0.348 e. The summed E-state index contributed by atoms with van der Waals surface area (Å²) < 4.78 is 14.0. The molecule has 2 nitrogen and oxygen atoms in total. The van der Waals surface area contributed by atoms with Gasteiger partial charge in [-0.1, -0.05) is 20.8 Å². The van der Waals surface area contributed by atoms with E-state index in [1.807, 2.05) is 0 Å². The first-order valence-electron chi connectivity index (χ1n) is 7.50. The standard InChI is InChI=1S/C17H21BrFNO/c1-16(2)11-6-7-17(3,9-11)15(16)20-14(21)10-4-5-12(18)13(19)8-10/h4-5,8,11,15H,6-7,9H2,1-3H3,(H,20,21). The summed E-state index contributed by atoms with van der Waals surface area (Å²) in [6, 6.07) is 4.69. The zero-order valence-corrected chi connectivity index (χ0v) is 14.3. The van der Waals surface area contributed by atoms with Crippen molar-refractivity contribution >= 4 is 21.8 Å². The van der Waals surface area contributed by atoms with Crippen LogP contribution in [-0.2, 0) is 0 Å². The number of carbonyl (C=O) groups excluding carboxylic acids is 1.